The van der Waals surface area contributed by atoms with E-state index in [9.17, 15) is 13.2 Å². The second kappa shape index (κ2) is 7.40. The largest absolute Gasteiger partial charge is 0.273 e. The van der Waals surface area contributed by atoms with Crippen LogP contribution in [0.2, 0.25) is 10.0 Å². The number of amides is 1. The van der Waals surface area contributed by atoms with Crippen LogP contribution in [0.4, 0.5) is 5.13 Å². The third-order valence-electron chi connectivity index (χ3n) is 3.50. The first-order valence-corrected chi connectivity index (χ1v) is 10.6. The molecule has 0 aliphatic heterocycles. The van der Waals surface area contributed by atoms with Gasteiger partial charge in [0.25, 0.3) is 5.91 Å². The molecule has 0 radical (unpaired) electrons. The molecular weight excluding hydrogens is 417 g/mol. The number of rotatable bonds is 5. The molecule has 0 bridgehead atoms. The highest BCUT2D eigenvalue weighted by Gasteiger charge is 2.19. The zero-order chi connectivity index (χ0) is 18.9. The van der Waals surface area contributed by atoms with Gasteiger partial charge in [0.05, 0.1) is 20.1 Å². The monoisotopic (exact) mass is 429 g/mol. The number of carbonyl (C=O) groups excluding carboxylic acids is 1. The summed E-state index contributed by atoms with van der Waals surface area (Å²) in [6, 6.07) is 9.26. The van der Waals surface area contributed by atoms with Crippen molar-refractivity contribution in [3.63, 3.8) is 0 Å². The first-order valence-electron chi connectivity index (χ1n) is 7.35. The van der Waals surface area contributed by atoms with E-state index in [-0.39, 0.29) is 4.90 Å². The van der Waals surface area contributed by atoms with Crippen molar-refractivity contribution in [3.05, 3.63) is 52.0 Å². The number of anilines is 1. The molecule has 0 fully saturated rings. The van der Waals surface area contributed by atoms with Crippen LogP contribution in [0.5, 0.6) is 0 Å². The Labute approximate surface area is 164 Å². The first kappa shape index (κ1) is 18.9. The summed E-state index contributed by atoms with van der Waals surface area (Å²) in [5.74, 6) is -1.41. The number of aromatic nitrogens is 1. The van der Waals surface area contributed by atoms with Gasteiger partial charge in [-0.1, -0.05) is 40.6 Å². The van der Waals surface area contributed by atoms with Gasteiger partial charge >= 0.3 is 0 Å². The van der Waals surface area contributed by atoms with Gasteiger partial charge in [0.15, 0.2) is 9.84 Å². The third kappa shape index (κ3) is 4.09. The molecule has 3 aromatic rings. The lowest BCUT2D eigenvalue weighted by atomic mass is 10.2. The summed E-state index contributed by atoms with van der Waals surface area (Å²) in [5.41, 5.74) is 6.66. The summed E-state index contributed by atoms with van der Waals surface area (Å²) in [6.45, 7) is 1.90. The van der Waals surface area contributed by atoms with Crippen molar-refractivity contribution >= 4 is 65.6 Å². The van der Waals surface area contributed by atoms with Gasteiger partial charge in [-0.2, -0.15) is 0 Å². The molecule has 1 amide bonds. The Morgan fingerprint density at radius 2 is 1.85 bits per heavy atom. The maximum Gasteiger partial charge on any atom is 0.253 e. The fourth-order valence-electron chi connectivity index (χ4n) is 2.21. The highest BCUT2D eigenvalue weighted by atomic mass is 35.5. The molecule has 26 heavy (non-hydrogen) atoms. The lowest BCUT2D eigenvalue weighted by Crippen LogP contribution is -2.34. The minimum absolute atomic E-state index is 0.0273. The number of benzene rings is 2. The van der Waals surface area contributed by atoms with E-state index in [2.05, 4.69) is 15.8 Å². The molecule has 0 unspecified atom stereocenters. The molecular formula is C16H13Cl2N3O3S2. The minimum Gasteiger partial charge on any atom is -0.273 e. The number of carbonyl (C=O) groups is 1. The maximum absolute atomic E-state index is 12.2. The molecule has 0 aliphatic carbocycles. The topological polar surface area (TPSA) is 88.2 Å². The molecule has 0 saturated heterocycles. The highest BCUT2D eigenvalue weighted by Crippen LogP contribution is 2.33. The Bertz CT molecular complexity index is 1040. The predicted octanol–water partition coefficient (Wildman–Crippen LogP) is 3.83. The van der Waals surface area contributed by atoms with Gasteiger partial charge in [0.1, 0.15) is 5.75 Å². The van der Waals surface area contributed by atoms with Gasteiger partial charge < -0.3 is 0 Å². The van der Waals surface area contributed by atoms with E-state index in [4.69, 9.17) is 23.2 Å². The number of nitrogens with one attached hydrogen (secondary N) is 2. The van der Waals surface area contributed by atoms with Gasteiger partial charge in [0, 0.05) is 5.02 Å². The van der Waals surface area contributed by atoms with Gasteiger partial charge in [-0.15, -0.1) is 0 Å². The number of halogens is 2. The number of hydrazine groups is 1. The first-order chi connectivity index (χ1) is 12.3. The van der Waals surface area contributed by atoms with E-state index in [1.54, 1.807) is 6.07 Å². The van der Waals surface area contributed by atoms with E-state index >= 15 is 0 Å². The quantitative estimate of drug-likeness (QED) is 0.601. The van der Waals surface area contributed by atoms with Crippen LogP contribution in [0.15, 0.2) is 41.3 Å². The number of fused-ring (bicyclic) bond motifs is 1. The van der Waals surface area contributed by atoms with Crippen molar-refractivity contribution in [2.45, 2.75) is 11.8 Å². The summed E-state index contributed by atoms with van der Waals surface area (Å²) < 4.78 is 25.3. The highest BCUT2D eigenvalue weighted by molar-refractivity contribution is 7.92. The van der Waals surface area contributed by atoms with E-state index < -0.39 is 21.5 Å². The Morgan fingerprint density at radius 1 is 1.15 bits per heavy atom. The second-order valence-electron chi connectivity index (χ2n) is 5.45. The van der Waals surface area contributed by atoms with Crippen LogP contribution in [0.1, 0.15) is 5.56 Å². The number of hydrogen-bond acceptors (Lipinski definition) is 6. The molecule has 0 saturated carbocycles. The average Bonchev–Trinajstić information content (AvgIpc) is 3.02. The van der Waals surface area contributed by atoms with Crippen molar-refractivity contribution in [2.75, 3.05) is 11.2 Å². The molecule has 0 spiro atoms. The molecule has 10 heteroatoms. The molecule has 1 heterocycles. The van der Waals surface area contributed by atoms with E-state index in [1.165, 1.54) is 35.6 Å². The number of aryl methyl sites for hydroxylation is 1. The molecule has 2 N–H and O–H groups in total. The summed E-state index contributed by atoms with van der Waals surface area (Å²) in [6.07, 6.45) is 0. The van der Waals surface area contributed by atoms with Gasteiger partial charge in [-0.05, 0) is 42.8 Å². The van der Waals surface area contributed by atoms with Gasteiger partial charge in [-0.3, -0.25) is 15.6 Å². The lowest BCUT2D eigenvalue weighted by Gasteiger charge is -2.07. The standard InChI is InChI=1S/C16H13Cl2N3O3S2/c1-9-2-7-12(18)15-14(9)19-16(25-15)21-20-13(22)8-26(23,24)11-5-3-10(17)4-6-11/h2-7H,8H2,1H3,(H,19,21)(H,20,22). The van der Waals surface area contributed by atoms with Crippen LogP contribution in [0, 0.1) is 6.92 Å². The molecule has 0 atom stereocenters. The Balaban J connectivity index is 1.68. The Kier molecular flexibility index (Phi) is 5.38. The summed E-state index contributed by atoms with van der Waals surface area (Å²) in [7, 11) is -3.77. The SMILES string of the molecule is Cc1ccc(Cl)c2sc(NNC(=O)CS(=O)(=O)c3ccc(Cl)cc3)nc12. The lowest BCUT2D eigenvalue weighted by molar-refractivity contribution is -0.118. The predicted molar refractivity (Wildman–Crippen MR) is 105 cm³/mol. The van der Waals surface area contributed by atoms with Gasteiger partial charge in [-0.25, -0.2) is 13.4 Å². The van der Waals surface area contributed by atoms with Crippen LogP contribution in [-0.4, -0.2) is 25.1 Å². The molecule has 0 aliphatic rings. The smallest absolute Gasteiger partial charge is 0.253 e. The Morgan fingerprint density at radius 3 is 2.50 bits per heavy atom. The normalized spacial score (nSPS) is 11.5. The van der Waals surface area contributed by atoms with Crippen LogP contribution in [-0.2, 0) is 14.6 Å². The van der Waals surface area contributed by atoms with Crippen LogP contribution < -0.4 is 10.9 Å². The fourth-order valence-corrected chi connectivity index (χ4v) is 4.64. The zero-order valence-corrected chi connectivity index (χ0v) is 16.6. The van der Waals surface area contributed by atoms with Gasteiger partial charge in [0.2, 0.25) is 5.13 Å². The number of hydrogen-bond donors (Lipinski definition) is 2. The fraction of sp³-hybridized carbons (Fsp3) is 0.125. The van der Waals surface area contributed by atoms with Crippen molar-refractivity contribution in [3.8, 4) is 0 Å². The number of sulfone groups is 1. The van der Waals surface area contributed by atoms with Crippen LogP contribution >= 0.6 is 34.5 Å². The summed E-state index contributed by atoms with van der Waals surface area (Å²) in [5, 5.41) is 1.39. The molecule has 3 rings (SSSR count). The Hall–Kier alpha value is -1.87. The number of thiazole rings is 1. The maximum atomic E-state index is 12.2. The van der Waals surface area contributed by atoms with Crippen molar-refractivity contribution in [1.82, 2.24) is 10.4 Å². The summed E-state index contributed by atoms with van der Waals surface area (Å²) in [4.78, 5) is 16.4. The molecule has 6 nitrogen and oxygen atoms in total. The van der Waals surface area contributed by atoms with E-state index in [1.807, 2.05) is 13.0 Å². The zero-order valence-electron chi connectivity index (χ0n) is 13.4. The van der Waals surface area contributed by atoms with Crippen LogP contribution in [0.25, 0.3) is 10.2 Å². The minimum atomic E-state index is -3.77. The van der Waals surface area contributed by atoms with Crippen LogP contribution in [0.3, 0.4) is 0 Å². The van der Waals surface area contributed by atoms with Crippen molar-refractivity contribution < 1.29 is 13.2 Å². The molecule has 1 aromatic heterocycles. The van der Waals surface area contributed by atoms with E-state index in [0.717, 1.165) is 15.8 Å². The average molecular weight is 430 g/mol. The summed E-state index contributed by atoms with van der Waals surface area (Å²) >= 11 is 13.1. The number of nitrogens with zero attached hydrogens (tertiary/aromatic N) is 1. The molecule has 2 aromatic carbocycles. The van der Waals surface area contributed by atoms with Crippen molar-refractivity contribution in [1.29, 1.82) is 0 Å². The third-order valence-corrected chi connectivity index (χ3v) is 6.82. The molecule has 136 valence electrons. The van der Waals surface area contributed by atoms with Crippen molar-refractivity contribution in [2.24, 2.45) is 0 Å². The second-order valence-corrected chi connectivity index (χ2v) is 9.28. The van der Waals surface area contributed by atoms with E-state index in [0.29, 0.717) is 15.2 Å².